The molecule has 0 amide bonds. The van der Waals surface area contributed by atoms with Crippen molar-refractivity contribution in [3.63, 3.8) is 0 Å². The Labute approximate surface area is 161 Å². The normalized spacial score (nSPS) is 21.8. The lowest BCUT2D eigenvalue weighted by molar-refractivity contribution is -0.141. The number of nitrogens with one attached hydrogen (secondary N) is 1. The third-order valence-corrected chi connectivity index (χ3v) is 5.69. The molecule has 26 heavy (non-hydrogen) atoms. The van der Waals surface area contributed by atoms with Gasteiger partial charge in [0.1, 0.15) is 11.7 Å². The summed E-state index contributed by atoms with van der Waals surface area (Å²) < 4.78 is 2.67. The zero-order valence-electron chi connectivity index (χ0n) is 15.2. The number of anilines is 1. The fourth-order valence-electron chi connectivity index (χ4n) is 3.19. The SMILES string of the molecule is Cc1ccc(C)c(-n2nc(C)c(Br)c2NC2(C)C=CC=CC2C(=O)O)c1. The number of aliphatic carboxylic acids is 1. The summed E-state index contributed by atoms with van der Waals surface area (Å²) in [6.07, 6.45) is 7.22. The first kappa shape index (κ1) is 18.5. The standard InChI is InChI=1S/C20H22BrN3O2/c1-12-8-9-13(2)16(11-12)24-18(17(21)14(3)23-24)22-20(4)10-6-5-7-15(20)19(25)26/h5-11,15,22H,1-4H3,(H,25,26). The Hall–Kier alpha value is -2.34. The molecule has 3 rings (SSSR count). The van der Waals surface area contributed by atoms with Crippen LogP contribution in [0, 0.1) is 26.7 Å². The number of allylic oxidation sites excluding steroid dienone is 2. The zero-order valence-corrected chi connectivity index (χ0v) is 16.8. The number of aryl methyl sites for hydroxylation is 3. The first-order valence-corrected chi connectivity index (χ1v) is 9.22. The van der Waals surface area contributed by atoms with Crippen LogP contribution in [-0.4, -0.2) is 26.4 Å². The second-order valence-corrected chi connectivity index (χ2v) is 7.71. The molecule has 136 valence electrons. The van der Waals surface area contributed by atoms with E-state index < -0.39 is 17.4 Å². The van der Waals surface area contributed by atoms with Crippen LogP contribution >= 0.6 is 15.9 Å². The Balaban J connectivity index is 2.12. The molecule has 0 aliphatic heterocycles. The number of benzene rings is 1. The lowest BCUT2D eigenvalue weighted by Gasteiger charge is -2.34. The van der Waals surface area contributed by atoms with E-state index in [4.69, 9.17) is 0 Å². The highest BCUT2D eigenvalue weighted by Crippen LogP contribution is 2.36. The Morgan fingerprint density at radius 3 is 2.73 bits per heavy atom. The minimum Gasteiger partial charge on any atom is -0.481 e. The van der Waals surface area contributed by atoms with Crippen LogP contribution in [0.4, 0.5) is 5.82 Å². The topological polar surface area (TPSA) is 67.2 Å². The summed E-state index contributed by atoms with van der Waals surface area (Å²) in [5.41, 5.74) is 3.25. The number of hydrogen-bond acceptors (Lipinski definition) is 3. The number of halogens is 1. The number of carboxylic acids is 1. The maximum absolute atomic E-state index is 11.7. The van der Waals surface area contributed by atoms with E-state index in [1.165, 1.54) is 0 Å². The number of nitrogens with zero attached hydrogens (tertiary/aromatic N) is 2. The van der Waals surface area contributed by atoms with Gasteiger partial charge in [0, 0.05) is 0 Å². The highest BCUT2D eigenvalue weighted by molar-refractivity contribution is 9.10. The van der Waals surface area contributed by atoms with Gasteiger partial charge in [0.25, 0.3) is 0 Å². The molecule has 5 nitrogen and oxygen atoms in total. The van der Waals surface area contributed by atoms with E-state index in [-0.39, 0.29) is 0 Å². The quantitative estimate of drug-likeness (QED) is 0.767. The van der Waals surface area contributed by atoms with Crippen LogP contribution in [-0.2, 0) is 4.79 Å². The Morgan fingerprint density at radius 2 is 2.04 bits per heavy atom. The number of carboxylic acid groups (broad SMARTS) is 1. The number of rotatable bonds is 4. The predicted molar refractivity (Wildman–Crippen MR) is 107 cm³/mol. The largest absolute Gasteiger partial charge is 0.481 e. The third-order valence-electron chi connectivity index (χ3n) is 4.74. The molecule has 0 saturated heterocycles. The highest BCUT2D eigenvalue weighted by Gasteiger charge is 2.38. The summed E-state index contributed by atoms with van der Waals surface area (Å²) >= 11 is 3.61. The molecule has 0 radical (unpaired) electrons. The molecule has 1 heterocycles. The van der Waals surface area contributed by atoms with E-state index in [2.05, 4.69) is 44.5 Å². The summed E-state index contributed by atoms with van der Waals surface area (Å²) in [6.45, 7) is 7.88. The number of aromatic nitrogens is 2. The first-order valence-electron chi connectivity index (χ1n) is 8.42. The molecule has 0 spiro atoms. The lowest BCUT2D eigenvalue weighted by Crippen LogP contribution is -2.45. The molecular weight excluding hydrogens is 394 g/mol. The van der Waals surface area contributed by atoms with E-state index in [1.54, 1.807) is 12.2 Å². The maximum atomic E-state index is 11.7. The van der Waals surface area contributed by atoms with Gasteiger partial charge in [-0.25, -0.2) is 4.68 Å². The van der Waals surface area contributed by atoms with Crippen molar-refractivity contribution in [2.45, 2.75) is 33.2 Å². The monoisotopic (exact) mass is 415 g/mol. The van der Waals surface area contributed by atoms with Gasteiger partial charge in [-0.15, -0.1) is 0 Å². The molecule has 2 N–H and O–H groups in total. The van der Waals surface area contributed by atoms with Crippen LogP contribution < -0.4 is 5.32 Å². The van der Waals surface area contributed by atoms with Crippen LogP contribution in [0.3, 0.4) is 0 Å². The van der Waals surface area contributed by atoms with Crippen molar-refractivity contribution < 1.29 is 9.90 Å². The molecule has 2 unspecified atom stereocenters. The number of hydrogen-bond donors (Lipinski definition) is 2. The maximum Gasteiger partial charge on any atom is 0.313 e. The van der Waals surface area contributed by atoms with E-state index in [0.29, 0.717) is 0 Å². The predicted octanol–water partition coefficient (Wildman–Crippen LogP) is 4.56. The molecular formula is C20H22BrN3O2. The molecule has 1 aromatic heterocycles. The molecule has 2 atom stereocenters. The van der Waals surface area contributed by atoms with Crippen LogP contribution in [0.25, 0.3) is 5.69 Å². The summed E-state index contributed by atoms with van der Waals surface area (Å²) in [6, 6.07) is 6.20. The average Bonchev–Trinajstić information content (AvgIpc) is 2.85. The van der Waals surface area contributed by atoms with Crippen molar-refractivity contribution in [1.82, 2.24) is 9.78 Å². The summed E-state index contributed by atoms with van der Waals surface area (Å²) in [5.74, 6) is -0.808. The average molecular weight is 416 g/mol. The van der Waals surface area contributed by atoms with Gasteiger partial charge in [-0.1, -0.05) is 36.4 Å². The fraction of sp³-hybridized carbons (Fsp3) is 0.300. The summed E-state index contributed by atoms with van der Waals surface area (Å²) in [7, 11) is 0. The van der Waals surface area contributed by atoms with Crippen molar-refractivity contribution in [3.8, 4) is 5.69 Å². The zero-order chi connectivity index (χ0) is 19.1. The van der Waals surface area contributed by atoms with Gasteiger partial charge in [0.15, 0.2) is 0 Å². The molecule has 1 aliphatic rings. The van der Waals surface area contributed by atoms with Crippen LogP contribution in [0.5, 0.6) is 0 Å². The van der Waals surface area contributed by atoms with Crippen LogP contribution in [0.2, 0.25) is 0 Å². The molecule has 1 aromatic carbocycles. The lowest BCUT2D eigenvalue weighted by atomic mass is 9.82. The van der Waals surface area contributed by atoms with E-state index in [1.807, 2.05) is 44.5 Å². The van der Waals surface area contributed by atoms with E-state index >= 15 is 0 Å². The van der Waals surface area contributed by atoms with E-state index in [0.717, 1.165) is 32.8 Å². The molecule has 6 heteroatoms. The van der Waals surface area contributed by atoms with Crippen LogP contribution in [0.15, 0.2) is 47.0 Å². The van der Waals surface area contributed by atoms with Gasteiger partial charge >= 0.3 is 5.97 Å². The smallest absolute Gasteiger partial charge is 0.313 e. The Kier molecular flexibility index (Phi) is 4.80. The molecule has 1 aliphatic carbocycles. The first-order chi connectivity index (χ1) is 12.2. The van der Waals surface area contributed by atoms with Gasteiger partial charge < -0.3 is 10.4 Å². The van der Waals surface area contributed by atoms with Crippen molar-refractivity contribution >= 4 is 27.7 Å². The van der Waals surface area contributed by atoms with Gasteiger partial charge in [-0.05, 0) is 60.8 Å². The minimum atomic E-state index is -0.869. The Morgan fingerprint density at radius 1 is 1.31 bits per heavy atom. The second-order valence-electron chi connectivity index (χ2n) is 6.92. The number of carbonyl (C=O) groups is 1. The molecule has 2 aromatic rings. The molecule has 0 fully saturated rings. The molecule has 0 saturated carbocycles. The highest BCUT2D eigenvalue weighted by atomic mass is 79.9. The Bertz CT molecular complexity index is 929. The van der Waals surface area contributed by atoms with Crippen molar-refractivity contribution in [3.05, 3.63) is 63.8 Å². The third kappa shape index (κ3) is 3.21. The van der Waals surface area contributed by atoms with Gasteiger partial charge in [-0.2, -0.15) is 5.10 Å². The van der Waals surface area contributed by atoms with Crippen molar-refractivity contribution in [2.75, 3.05) is 5.32 Å². The van der Waals surface area contributed by atoms with Crippen molar-refractivity contribution in [2.24, 2.45) is 5.92 Å². The fourth-order valence-corrected chi connectivity index (χ4v) is 3.53. The van der Waals surface area contributed by atoms with Gasteiger partial charge in [-0.3, -0.25) is 4.79 Å². The minimum absolute atomic E-state index is 0.679. The van der Waals surface area contributed by atoms with Gasteiger partial charge in [0.05, 0.1) is 21.4 Å². The summed E-state index contributed by atoms with van der Waals surface area (Å²) in [5, 5.41) is 17.7. The van der Waals surface area contributed by atoms with Crippen LogP contribution in [0.1, 0.15) is 23.7 Å². The van der Waals surface area contributed by atoms with E-state index in [9.17, 15) is 9.90 Å². The van der Waals surface area contributed by atoms with Gasteiger partial charge in [0.2, 0.25) is 0 Å². The molecule has 0 bridgehead atoms. The summed E-state index contributed by atoms with van der Waals surface area (Å²) in [4.78, 5) is 11.7. The van der Waals surface area contributed by atoms with Crippen molar-refractivity contribution in [1.29, 1.82) is 0 Å². The second kappa shape index (κ2) is 6.76.